The largest absolute Gasteiger partial charge is 0.384 e. The van der Waals surface area contributed by atoms with Gasteiger partial charge in [-0.2, -0.15) is 5.10 Å². The van der Waals surface area contributed by atoms with E-state index in [1.807, 2.05) is 12.3 Å². The number of hydrogen-bond donors (Lipinski definition) is 1. The molecule has 5 rings (SSSR count). The fourth-order valence-corrected chi connectivity index (χ4v) is 6.13. The number of anilines is 1. The summed E-state index contributed by atoms with van der Waals surface area (Å²) in [6.07, 6.45) is 13.2. The van der Waals surface area contributed by atoms with Gasteiger partial charge in [-0.05, 0) is 74.2 Å². The monoisotopic (exact) mass is 273 g/mol. The van der Waals surface area contributed by atoms with Crippen LogP contribution < -0.4 is 5.73 Å². The van der Waals surface area contributed by atoms with E-state index < -0.39 is 0 Å². The van der Waals surface area contributed by atoms with E-state index in [9.17, 15) is 0 Å². The van der Waals surface area contributed by atoms with Gasteiger partial charge in [0.25, 0.3) is 0 Å². The standard InChI is InChI=1S/C17H27N3/c1-2-3-15(20-16(18)4-5-19-20)17-9-12-6-13(10-17)8-14(7-12)11-17/h4-5,12-15H,2-3,6-11,18H2,1H3. The summed E-state index contributed by atoms with van der Waals surface area (Å²) >= 11 is 0. The first kappa shape index (κ1) is 12.7. The molecule has 20 heavy (non-hydrogen) atoms. The molecule has 1 aromatic rings. The Balaban J connectivity index is 1.71. The molecule has 0 aliphatic heterocycles. The fourth-order valence-electron chi connectivity index (χ4n) is 6.13. The highest BCUT2D eigenvalue weighted by molar-refractivity contribution is 5.27. The Morgan fingerprint density at radius 2 is 1.85 bits per heavy atom. The first-order valence-electron chi connectivity index (χ1n) is 8.49. The second kappa shape index (κ2) is 4.51. The molecule has 3 nitrogen and oxygen atoms in total. The molecular formula is C17H27N3. The number of rotatable bonds is 4. The lowest BCUT2D eigenvalue weighted by Gasteiger charge is -2.59. The van der Waals surface area contributed by atoms with Crippen molar-refractivity contribution in [1.82, 2.24) is 9.78 Å². The third-order valence-electron chi connectivity index (χ3n) is 6.35. The molecule has 1 heterocycles. The van der Waals surface area contributed by atoms with Crippen molar-refractivity contribution >= 4 is 5.82 Å². The van der Waals surface area contributed by atoms with Crippen LogP contribution in [0.15, 0.2) is 12.3 Å². The minimum atomic E-state index is 0.505. The number of aromatic nitrogens is 2. The highest BCUT2D eigenvalue weighted by atomic mass is 15.3. The summed E-state index contributed by atoms with van der Waals surface area (Å²) in [6, 6.07) is 2.50. The van der Waals surface area contributed by atoms with E-state index in [-0.39, 0.29) is 0 Å². The summed E-state index contributed by atoms with van der Waals surface area (Å²) in [5, 5.41) is 4.58. The molecule has 0 aromatic carbocycles. The number of nitrogen functional groups attached to an aromatic ring is 1. The maximum atomic E-state index is 6.19. The van der Waals surface area contributed by atoms with Gasteiger partial charge in [-0.1, -0.05) is 13.3 Å². The van der Waals surface area contributed by atoms with Crippen LogP contribution in [0.1, 0.15) is 64.3 Å². The van der Waals surface area contributed by atoms with Crippen LogP contribution in [0.25, 0.3) is 0 Å². The Hall–Kier alpha value is -0.990. The average Bonchev–Trinajstić information content (AvgIpc) is 2.80. The Labute approximate surface area is 121 Å². The molecule has 1 aromatic heterocycles. The number of nitrogens with zero attached hydrogens (tertiary/aromatic N) is 2. The highest BCUT2D eigenvalue weighted by Crippen LogP contribution is 2.64. The van der Waals surface area contributed by atoms with Gasteiger partial charge in [-0.15, -0.1) is 0 Å². The maximum Gasteiger partial charge on any atom is 0.121 e. The van der Waals surface area contributed by atoms with Crippen molar-refractivity contribution < 1.29 is 0 Å². The molecule has 110 valence electrons. The van der Waals surface area contributed by atoms with Gasteiger partial charge in [0.1, 0.15) is 5.82 Å². The third-order valence-corrected chi connectivity index (χ3v) is 6.35. The summed E-state index contributed by atoms with van der Waals surface area (Å²) in [7, 11) is 0. The first-order chi connectivity index (χ1) is 9.70. The lowest BCUT2D eigenvalue weighted by Crippen LogP contribution is -2.50. The van der Waals surface area contributed by atoms with Crippen LogP contribution in [0.5, 0.6) is 0 Å². The van der Waals surface area contributed by atoms with Crippen molar-refractivity contribution in [3.05, 3.63) is 12.3 Å². The maximum absolute atomic E-state index is 6.19. The molecule has 4 fully saturated rings. The van der Waals surface area contributed by atoms with Gasteiger partial charge in [-0.3, -0.25) is 0 Å². The van der Waals surface area contributed by atoms with Crippen LogP contribution >= 0.6 is 0 Å². The normalized spacial score (nSPS) is 40.1. The summed E-state index contributed by atoms with van der Waals surface area (Å²) in [5.41, 5.74) is 6.70. The topological polar surface area (TPSA) is 43.8 Å². The molecule has 0 saturated heterocycles. The summed E-state index contributed by atoms with van der Waals surface area (Å²) in [6.45, 7) is 2.30. The van der Waals surface area contributed by atoms with Gasteiger partial charge >= 0.3 is 0 Å². The van der Waals surface area contributed by atoms with Gasteiger partial charge in [-0.25, -0.2) is 4.68 Å². The average molecular weight is 273 g/mol. The second-order valence-corrected chi connectivity index (χ2v) is 7.79. The molecule has 1 atom stereocenters. The van der Waals surface area contributed by atoms with Gasteiger partial charge in [0, 0.05) is 0 Å². The van der Waals surface area contributed by atoms with E-state index in [1.165, 1.54) is 51.4 Å². The number of nitrogens with two attached hydrogens (primary N) is 1. The molecule has 2 N–H and O–H groups in total. The summed E-state index contributed by atoms with van der Waals surface area (Å²) in [4.78, 5) is 0. The molecule has 0 amide bonds. The Kier molecular flexibility index (Phi) is 2.87. The minimum Gasteiger partial charge on any atom is -0.384 e. The van der Waals surface area contributed by atoms with Crippen molar-refractivity contribution in [3.63, 3.8) is 0 Å². The SMILES string of the molecule is CCCC(n1nccc1N)C12CC3CC(CC(C3)C1)C2. The zero-order chi connectivity index (χ0) is 13.7. The summed E-state index contributed by atoms with van der Waals surface area (Å²) < 4.78 is 2.16. The van der Waals surface area contributed by atoms with Crippen molar-refractivity contribution in [2.75, 3.05) is 5.73 Å². The molecule has 1 unspecified atom stereocenters. The molecule has 0 radical (unpaired) electrons. The lowest BCUT2D eigenvalue weighted by molar-refractivity contribution is -0.0865. The predicted octanol–water partition coefficient (Wildman–Crippen LogP) is 4.02. The molecule has 4 aliphatic rings. The van der Waals surface area contributed by atoms with E-state index in [1.54, 1.807) is 0 Å². The van der Waals surface area contributed by atoms with E-state index in [2.05, 4.69) is 16.7 Å². The highest BCUT2D eigenvalue weighted by Gasteiger charge is 2.54. The van der Waals surface area contributed by atoms with Crippen molar-refractivity contribution in [2.24, 2.45) is 23.2 Å². The van der Waals surface area contributed by atoms with E-state index in [0.717, 1.165) is 23.6 Å². The quantitative estimate of drug-likeness (QED) is 0.900. The molecular weight excluding hydrogens is 246 g/mol. The van der Waals surface area contributed by atoms with Crippen LogP contribution in [-0.4, -0.2) is 9.78 Å². The Morgan fingerprint density at radius 3 is 2.30 bits per heavy atom. The smallest absolute Gasteiger partial charge is 0.121 e. The molecule has 4 bridgehead atoms. The zero-order valence-corrected chi connectivity index (χ0v) is 12.6. The van der Waals surface area contributed by atoms with E-state index in [0.29, 0.717) is 11.5 Å². The first-order valence-corrected chi connectivity index (χ1v) is 8.49. The molecule has 0 spiro atoms. The Bertz CT molecular complexity index is 455. The van der Waals surface area contributed by atoms with Crippen LogP contribution in [0, 0.1) is 23.2 Å². The van der Waals surface area contributed by atoms with Crippen LogP contribution in [0.2, 0.25) is 0 Å². The van der Waals surface area contributed by atoms with E-state index >= 15 is 0 Å². The second-order valence-electron chi connectivity index (χ2n) is 7.79. The minimum absolute atomic E-state index is 0.505. The van der Waals surface area contributed by atoms with Gasteiger partial charge in [0.15, 0.2) is 0 Å². The van der Waals surface area contributed by atoms with Crippen molar-refractivity contribution in [1.29, 1.82) is 0 Å². The van der Waals surface area contributed by atoms with Gasteiger partial charge in [0.2, 0.25) is 0 Å². The number of hydrogen-bond acceptors (Lipinski definition) is 2. The third kappa shape index (κ3) is 1.82. The van der Waals surface area contributed by atoms with E-state index in [4.69, 9.17) is 5.73 Å². The lowest BCUT2D eigenvalue weighted by atomic mass is 9.47. The van der Waals surface area contributed by atoms with Gasteiger partial charge < -0.3 is 5.73 Å². The molecule has 3 heteroatoms. The molecule has 4 aliphatic carbocycles. The van der Waals surface area contributed by atoms with Crippen molar-refractivity contribution in [3.8, 4) is 0 Å². The Morgan fingerprint density at radius 1 is 1.25 bits per heavy atom. The van der Waals surface area contributed by atoms with Gasteiger partial charge in [0.05, 0.1) is 12.2 Å². The summed E-state index contributed by atoms with van der Waals surface area (Å²) in [5.74, 6) is 3.85. The molecule has 4 saturated carbocycles. The fraction of sp³-hybridized carbons (Fsp3) is 0.824. The van der Waals surface area contributed by atoms with Crippen LogP contribution in [0.3, 0.4) is 0 Å². The van der Waals surface area contributed by atoms with Crippen molar-refractivity contribution in [2.45, 2.75) is 64.3 Å². The zero-order valence-electron chi connectivity index (χ0n) is 12.6. The van der Waals surface area contributed by atoms with Crippen LogP contribution in [0.4, 0.5) is 5.82 Å². The predicted molar refractivity (Wildman–Crippen MR) is 81.2 cm³/mol. The van der Waals surface area contributed by atoms with Crippen LogP contribution in [-0.2, 0) is 0 Å².